The van der Waals surface area contributed by atoms with E-state index in [0.29, 0.717) is 0 Å². The van der Waals surface area contributed by atoms with Gasteiger partial charge < -0.3 is 14.2 Å². The average molecular weight is 1180 g/mol. The van der Waals surface area contributed by atoms with Gasteiger partial charge in [0.2, 0.25) is 35.1 Å². The number of nitrogens with zero attached hydrogens (tertiary/aromatic N) is 15. The summed E-state index contributed by atoms with van der Waals surface area (Å²) in [7, 11) is 0. The van der Waals surface area contributed by atoms with E-state index in [9.17, 15) is 69.7 Å². The van der Waals surface area contributed by atoms with E-state index in [2.05, 4.69) is 60.8 Å². The second kappa shape index (κ2) is 23.1. The number of aromatic nitrogens is 15. The largest absolute Gasteiger partial charge is 0.475 e. The van der Waals surface area contributed by atoms with Crippen molar-refractivity contribution in [3.63, 3.8) is 0 Å². The summed E-state index contributed by atoms with van der Waals surface area (Å²) < 4.78 is 224. The minimum Gasteiger partial charge on any atom is -0.475 e. The smallest absolute Gasteiger partial charge is 0.299 e. The van der Waals surface area contributed by atoms with Crippen molar-refractivity contribution in [2.75, 3.05) is 26.1 Å². The van der Waals surface area contributed by atoms with Crippen LogP contribution in [0.5, 0.6) is 17.6 Å². The molecule has 18 nitrogen and oxygen atoms in total. The Labute approximate surface area is 446 Å². The maximum Gasteiger partial charge on any atom is 0.299 e. The summed E-state index contributed by atoms with van der Waals surface area (Å²) in [5.74, 6) is -16.9. The Morgan fingerprint density at radius 1 is 0.469 bits per heavy atom. The van der Waals surface area contributed by atoms with Gasteiger partial charge in [-0.05, 0) is 54.6 Å². The molecule has 3 aliphatic carbocycles. The molecule has 0 radical (unpaired) electrons. The van der Waals surface area contributed by atoms with Crippen molar-refractivity contribution in [1.82, 2.24) is 74.4 Å². The van der Waals surface area contributed by atoms with Gasteiger partial charge >= 0.3 is 0 Å². The van der Waals surface area contributed by atoms with E-state index in [1.807, 2.05) is 0 Å². The standard InChI is InChI=1S/3C15H10F5N5O.CH3FS/c3*16-9-3-7(5-21-14(9)26-6-8-4-15(8,19)20)10-1-2-11-22-23-13(12(17)18)25(11)24-10;1-3-2/h3*1-3,5,8,12H,4,6H2;1H3/t2*8-;;/m10../s1. The average Bonchev–Trinajstić information content (AvgIpc) is 4.39. The molecule has 0 aromatic carbocycles. The van der Waals surface area contributed by atoms with Gasteiger partial charge in [0.15, 0.2) is 34.4 Å². The predicted molar refractivity (Wildman–Crippen MR) is 247 cm³/mol. The summed E-state index contributed by atoms with van der Waals surface area (Å²) in [6.45, 7) is -1.00. The molecule has 3 saturated carbocycles. The quantitative estimate of drug-likeness (QED) is 0.0878. The van der Waals surface area contributed by atoms with Crippen LogP contribution in [-0.4, -0.2) is 118 Å². The molecule has 3 atom stereocenters. The van der Waals surface area contributed by atoms with Crippen LogP contribution in [0.3, 0.4) is 0 Å². The van der Waals surface area contributed by atoms with Crippen LogP contribution in [0.4, 0.5) is 69.7 Å². The molecule has 0 N–H and O–H groups in total. The Hall–Kier alpha value is -8.27. The predicted octanol–water partition coefficient (Wildman–Crippen LogP) is 11.1. The first-order valence-corrected chi connectivity index (χ1v) is 24.2. The van der Waals surface area contributed by atoms with Crippen LogP contribution >= 0.6 is 12.1 Å². The number of hydrogen-bond donors (Lipinski definition) is 0. The molecule has 9 heterocycles. The summed E-state index contributed by atoms with van der Waals surface area (Å²) >= 11 is 0.250. The monoisotopic (exact) mass is 1180 g/mol. The normalized spacial score (nSPS) is 18.0. The van der Waals surface area contributed by atoms with E-state index in [4.69, 9.17) is 14.2 Å². The highest BCUT2D eigenvalue weighted by molar-refractivity contribution is 7.93. The van der Waals surface area contributed by atoms with Gasteiger partial charge in [-0.2, -0.15) is 32.7 Å². The van der Waals surface area contributed by atoms with Gasteiger partial charge in [-0.25, -0.2) is 80.8 Å². The molecule has 81 heavy (non-hydrogen) atoms. The number of rotatable bonds is 15. The van der Waals surface area contributed by atoms with Crippen LogP contribution in [0.25, 0.3) is 50.7 Å². The first-order valence-electron chi connectivity index (χ1n) is 23.1. The molecular formula is C46H33F16N15O3S. The van der Waals surface area contributed by atoms with Crippen molar-refractivity contribution in [3.8, 4) is 51.4 Å². The zero-order chi connectivity index (χ0) is 58.1. The van der Waals surface area contributed by atoms with Crippen LogP contribution in [0.15, 0.2) is 73.2 Å². The summed E-state index contributed by atoms with van der Waals surface area (Å²) in [6, 6.07) is 11.6. The van der Waals surface area contributed by atoms with Gasteiger partial charge in [0.05, 0.1) is 54.7 Å². The fraction of sp³-hybridized carbons (Fsp3) is 0.348. The van der Waals surface area contributed by atoms with Crippen LogP contribution in [0.2, 0.25) is 0 Å². The van der Waals surface area contributed by atoms with Crippen LogP contribution < -0.4 is 14.2 Å². The number of halogens is 16. The molecule has 0 aliphatic heterocycles. The highest BCUT2D eigenvalue weighted by Crippen LogP contribution is 2.50. The maximum atomic E-state index is 14.1. The number of hydrogen-bond acceptors (Lipinski definition) is 16. The Balaban J connectivity index is 0.000000143. The molecule has 9 aromatic heterocycles. The molecule has 3 aliphatic rings. The van der Waals surface area contributed by atoms with Crippen molar-refractivity contribution >= 4 is 29.1 Å². The molecule has 9 aromatic rings. The zero-order valence-corrected chi connectivity index (χ0v) is 41.3. The van der Waals surface area contributed by atoms with Crippen molar-refractivity contribution in [1.29, 1.82) is 0 Å². The molecule has 0 spiro atoms. The highest BCUT2D eigenvalue weighted by atomic mass is 32.2. The summed E-state index contributed by atoms with van der Waals surface area (Å²) in [5, 5.41) is 32.6. The van der Waals surface area contributed by atoms with Gasteiger partial charge in [-0.1, -0.05) is 0 Å². The highest BCUT2D eigenvalue weighted by Gasteiger charge is 2.58. The molecule has 1 unspecified atom stereocenters. The molecule has 35 heteroatoms. The number of fused-ring (bicyclic) bond motifs is 3. The Morgan fingerprint density at radius 3 is 0.926 bits per heavy atom. The molecule has 0 saturated heterocycles. The van der Waals surface area contributed by atoms with Crippen molar-refractivity contribution in [2.24, 2.45) is 17.8 Å². The van der Waals surface area contributed by atoms with E-state index >= 15 is 0 Å². The fourth-order valence-electron chi connectivity index (χ4n) is 7.19. The third-order valence-electron chi connectivity index (χ3n) is 11.9. The summed E-state index contributed by atoms with van der Waals surface area (Å²) in [4.78, 5) is 11.3. The molecule has 428 valence electrons. The molecule has 0 bridgehead atoms. The Kier molecular flexibility index (Phi) is 16.4. The lowest BCUT2D eigenvalue weighted by molar-refractivity contribution is 0.0835. The minimum atomic E-state index is -2.88. The maximum absolute atomic E-state index is 14.1. The Morgan fingerprint density at radius 2 is 0.716 bits per heavy atom. The lowest BCUT2D eigenvalue weighted by Gasteiger charge is -2.07. The fourth-order valence-corrected chi connectivity index (χ4v) is 7.19. The van der Waals surface area contributed by atoms with Gasteiger partial charge in [0.1, 0.15) is 0 Å². The summed E-state index contributed by atoms with van der Waals surface area (Å²) in [5.41, 5.74) is 1.41. The van der Waals surface area contributed by atoms with E-state index in [0.717, 1.165) is 31.7 Å². The second-order valence-electron chi connectivity index (χ2n) is 17.6. The first kappa shape index (κ1) is 57.4. The molecule has 3 fully saturated rings. The lowest BCUT2D eigenvalue weighted by Crippen LogP contribution is -2.08. The van der Waals surface area contributed by atoms with Crippen molar-refractivity contribution in [2.45, 2.75) is 56.3 Å². The van der Waals surface area contributed by atoms with Crippen LogP contribution in [0, 0.1) is 35.2 Å². The van der Waals surface area contributed by atoms with Crippen LogP contribution in [0.1, 0.15) is 56.0 Å². The molecule has 0 amide bonds. The minimum absolute atomic E-state index is 0.114. The third-order valence-corrected chi connectivity index (χ3v) is 11.9. The van der Waals surface area contributed by atoms with E-state index in [1.54, 1.807) is 0 Å². The molecule has 12 rings (SSSR count). The van der Waals surface area contributed by atoms with Crippen molar-refractivity contribution in [3.05, 3.63) is 108 Å². The second-order valence-corrected chi connectivity index (χ2v) is 18.0. The summed E-state index contributed by atoms with van der Waals surface area (Å²) in [6.07, 6.45) is -4.48. The number of alkyl halides is 12. The number of pyridine rings is 3. The van der Waals surface area contributed by atoms with Gasteiger partial charge in [-0.15, -0.1) is 30.6 Å². The first-order chi connectivity index (χ1) is 38.5. The molecular weight excluding hydrogens is 1150 g/mol. The van der Waals surface area contributed by atoms with E-state index < -0.39 is 107 Å². The van der Waals surface area contributed by atoms with E-state index in [1.165, 1.54) is 61.2 Å². The van der Waals surface area contributed by atoms with Gasteiger partial charge in [0, 0.05) is 72.9 Å². The Bertz CT molecular complexity index is 3330. The third kappa shape index (κ3) is 13.2. The van der Waals surface area contributed by atoms with E-state index in [-0.39, 0.29) is 102 Å². The van der Waals surface area contributed by atoms with Gasteiger partial charge in [-0.3, -0.25) is 0 Å². The zero-order valence-electron chi connectivity index (χ0n) is 40.5. The number of ether oxygens (including phenoxy) is 3. The topological polar surface area (TPSA) is 196 Å². The van der Waals surface area contributed by atoms with Gasteiger partial charge in [0.25, 0.3) is 37.0 Å². The van der Waals surface area contributed by atoms with Crippen LogP contribution in [-0.2, 0) is 0 Å². The SMILES string of the molecule is CSF.Fc1cc(-c2ccc3nnc(C(F)F)n3n2)cnc1OCC1CC1(F)F.Fc1cc(-c2ccc3nnc(C(F)F)n3n2)cnc1OC[C@@H]1CC1(F)F.Fc1cc(-c2ccc3nnc(C(F)F)n3n2)cnc1OC[C@H]1CC1(F)F. The lowest BCUT2D eigenvalue weighted by atomic mass is 10.2. The van der Waals surface area contributed by atoms with Crippen molar-refractivity contribution < 1.29 is 84.0 Å².